The highest BCUT2D eigenvalue weighted by molar-refractivity contribution is 6.19. The van der Waals surface area contributed by atoms with Gasteiger partial charge in [-0.3, -0.25) is 14.9 Å². The Morgan fingerprint density at radius 1 is 1.44 bits per heavy atom. The summed E-state index contributed by atoms with van der Waals surface area (Å²) in [4.78, 5) is 32.9. The van der Waals surface area contributed by atoms with E-state index in [9.17, 15) is 19.7 Å². The van der Waals surface area contributed by atoms with Crippen molar-refractivity contribution >= 4 is 23.5 Å². The molecule has 18 heavy (non-hydrogen) atoms. The van der Waals surface area contributed by atoms with Gasteiger partial charge in [0.25, 0.3) is 5.69 Å². The highest BCUT2D eigenvalue weighted by Crippen LogP contribution is 2.21. The summed E-state index contributed by atoms with van der Waals surface area (Å²) in [6, 6.07) is 5.82. The van der Waals surface area contributed by atoms with Crippen molar-refractivity contribution in [2.24, 2.45) is 0 Å². The number of para-hydroxylation sites is 1. The van der Waals surface area contributed by atoms with Crippen molar-refractivity contribution in [2.45, 2.75) is 6.92 Å². The Morgan fingerprint density at radius 3 is 2.56 bits per heavy atom. The Kier molecular flexibility index (Phi) is 4.31. The predicted octanol–water partition coefficient (Wildman–Crippen LogP) is 1.74. The van der Waals surface area contributed by atoms with E-state index in [1.54, 1.807) is 6.07 Å². The van der Waals surface area contributed by atoms with Crippen LogP contribution in [0.1, 0.15) is 12.5 Å². The second-order valence-corrected chi connectivity index (χ2v) is 3.42. The normalized spacial score (nSPS) is 10.9. The number of hydrogen-bond donors (Lipinski definition) is 0. The van der Waals surface area contributed by atoms with Crippen LogP contribution in [0, 0.1) is 10.1 Å². The first kappa shape index (κ1) is 13.6. The van der Waals surface area contributed by atoms with Gasteiger partial charge in [-0.15, -0.1) is 0 Å². The summed E-state index contributed by atoms with van der Waals surface area (Å²) in [5, 5.41) is 10.8. The first-order valence-electron chi connectivity index (χ1n) is 5.01. The Bertz CT molecular complexity index is 533. The molecule has 0 aliphatic heterocycles. The fourth-order valence-corrected chi connectivity index (χ4v) is 1.35. The second kappa shape index (κ2) is 5.72. The average molecular weight is 251 g/mol. The number of Topliss-reactive ketones (excluding diaryl/α,β-unsaturated/α-hetero) is 1. The summed E-state index contributed by atoms with van der Waals surface area (Å²) in [5.41, 5.74) is -0.231. The minimum absolute atomic E-state index is 0.179. The van der Waals surface area contributed by atoms with Gasteiger partial charge in [0, 0.05) is 6.07 Å². The molecule has 0 aromatic heterocycles. The highest BCUT2D eigenvalue weighted by Gasteiger charge is 2.18. The summed E-state index contributed by atoms with van der Waals surface area (Å²) in [6.45, 7) is 1.19. The van der Waals surface area contributed by atoms with Crippen molar-refractivity contribution in [1.82, 2.24) is 0 Å². The number of nitro groups is 1. The minimum Gasteiger partial charge on any atom is -0.465 e. The van der Waals surface area contributed by atoms with E-state index >= 15 is 0 Å². The van der Waals surface area contributed by atoms with Gasteiger partial charge in [-0.2, -0.15) is 0 Å². The van der Waals surface area contributed by atoms with Crippen LogP contribution >= 0.6 is 0 Å². The van der Waals surface area contributed by atoms with Crippen LogP contribution in [-0.4, -0.2) is 23.8 Å². The van der Waals surface area contributed by atoms with Gasteiger partial charge in [0.05, 0.1) is 17.6 Å². The Balaban J connectivity index is 3.33. The Labute approximate surface area is 103 Å². The third-order valence-electron chi connectivity index (χ3n) is 2.22. The molecule has 6 heteroatoms. The number of carbonyl (C=O) groups is 2. The molecular formula is C12H11NO5. The van der Waals surface area contributed by atoms with E-state index in [1.165, 1.54) is 25.1 Å². The molecule has 0 unspecified atom stereocenters. The number of nitro benzene ring substituents is 1. The third-order valence-corrected chi connectivity index (χ3v) is 2.22. The van der Waals surface area contributed by atoms with Gasteiger partial charge in [-0.05, 0) is 19.1 Å². The fourth-order valence-electron chi connectivity index (χ4n) is 1.35. The van der Waals surface area contributed by atoms with Gasteiger partial charge < -0.3 is 4.74 Å². The summed E-state index contributed by atoms with van der Waals surface area (Å²) in [7, 11) is 1.14. The van der Waals surface area contributed by atoms with Crippen molar-refractivity contribution < 1.29 is 19.2 Å². The summed E-state index contributed by atoms with van der Waals surface area (Å²) >= 11 is 0. The summed E-state index contributed by atoms with van der Waals surface area (Å²) in [5.74, 6) is -1.33. The average Bonchev–Trinajstić information content (AvgIpc) is 2.34. The summed E-state index contributed by atoms with van der Waals surface area (Å²) < 4.78 is 4.45. The van der Waals surface area contributed by atoms with Crippen molar-refractivity contribution in [3.05, 3.63) is 45.5 Å². The molecule has 0 saturated carbocycles. The van der Waals surface area contributed by atoms with E-state index in [4.69, 9.17) is 0 Å². The van der Waals surface area contributed by atoms with Gasteiger partial charge in [0.1, 0.15) is 5.57 Å². The molecule has 1 aromatic rings. The number of benzene rings is 1. The quantitative estimate of drug-likeness (QED) is 0.203. The lowest BCUT2D eigenvalue weighted by molar-refractivity contribution is -0.385. The Morgan fingerprint density at radius 2 is 2.06 bits per heavy atom. The zero-order chi connectivity index (χ0) is 13.7. The number of carbonyl (C=O) groups excluding carboxylic acids is 2. The molecule has 0 N–H and O–H groups in total. The molecule has 6 nitrogen and oxygen atoms in total. The van der Waals surface area contributed by atoms with Gasteiger partial charge in [-0.1, -0.05) is 12.1 Å². The van der Waals surface area contributed by atoms with Crippen LogP contribution in [0.5, 0.6) is 0 Å². The topological polar surface area (TPSA) is 86.5 Å². The van der Waals surface area contributed by atoms with E-state index in [0.29, 0.717) is 0 Å². The molecule has 0 aliphatic carbocycles. The number of hydrogen-bond acceptors (Lipinski definition) is 5. The zero-order valence-electron chi connectivity index (χ0n) is 9.88. The van der Waals surface area contributed by atoms with Gasteiger partial charge in [0.2, 0.25) is 0 Å². The van der Waals surface area contributed by atoms with Crippen LogP contribution in [0.4, 0.5) is 5.69 Å². The number of ketones is 1. The standard InChI is InChI=1S/C12H11NO5/c1-8(14)10(12(15)18-2)7-9-5-3-4-6-11(9)13(16)17/h3-7H,1-2H3/b10-7-/i8+2. The maximum Gasteiger partial charge on any atom is 0.341 e. The summed E-state index contributed by atoms with van der Waals surface area (Å²) in [6.07, 6.45) is 1.16. The molecule has 0 fully saturated rings. The molecule has 0 saturated heterocycles. The molecule has 0 bridgehead atoms. The van der Waals surface area contributed by atoms with Crippen LogP contribution in [0.2, 0.25) is 0 Å². The SMILES string of the molecule is COC(=O)/C(=C\c1ccccc1[N+](=O)[O-])[14C](C)=O. The van der Waals surface area contributed by atoms with Crippen LogP contribution in [0.3, 0.4) is 0 Å². The molecule has 1 aromatic carbocycles. The molecular weight excluding hydrogens is 240 g/mol. The van der Waals surface area contributed by atoms with E-state index < -0.39 is 16.7 Å². The lowest BCUT2D eigenvalue weighted by Gasteiger charge is -2.02. The van der Waals surface area contributed by atoms with E-state index in [-0.39, 0.29) is 16.8 Å². The molecule has 0 amide bonds. The zero-order valence-corrected chi connectivity index (χ0v) is 9.88. The van der Waals surface area contributed by atoms with Crippen LogP contribution < -0.4 is 0 Å². The number of nitrogens with zero attached hydrogens (tertiary/aromatic N) is 1. The van der Waals surface area contributed by atoms with Gasteiger partial charge in [-0.25, -0.2) is 4.79 Å². The molecule has 1 rings (SSSR count). The van der Waals surface area contributed by atoms with Crippen LogP contribution in [0.25, 0.3) is 6.08 Å². The maximum atomic E-state index is 11.4. The number of methoxy groups -OCH3 is 1. The third kappa shape index (κ3) is 3.00. The first-order valence-corrected chi connectivity index (χ1v) is 5.01. The molecule has 94 valence electrons. The first-order chi connectivity index (χ1) is 8.47. The van der Waals surface area contributed by atoms with Crippen molar-refractivity contribution in [3.63, 3.8) is 0 Å². The lowest BCUT2D eigenvalue weighted by Crippen LogP contribution is -2.11. The fraction of sp³-hybridized carbons (Fsp3) is 0.167. The van der Waals surface area contributed by atoms with E-state index in [0.717, 1.165) is 13.2 Å². The second-order valence-electron chi connectivity index (χ2n) is 3.42. The number of rotatable bonds is 4. The molecule has 0 spiro atoms. The highest BCUT2D eigenvalue weighted by atomic mass is 16.6. The molecule has 0 atom stereocenters. The minimum atomic E-state index is -0.819. The Hall–Kier alpha value is -2.50. The van der Waals surface area contributed by atoms with Crippen molar-refractivity contribution in [3.8, 4) is 0 Å². The van der Waals surface area contributed by atoms with E-state index in [2.05, 4.69) is 4.74 Å². The van der Waals surface area contributed by atoms with Crippen LogP contribution in [0.15, 0.2) is 29.8 Å². The molecule has 0 heterocycles. The van der Waals surface area contributed by atoms with Gasteiger partial charge >= 0.3 is 5.97 Å². The van der Waals surface area contributed by atoms with Crippen molar-refractivity contribution in [2.75, 3.05) is 7.11 Å². The monoisotopic (exact) mass is 251 g/mol. The molecule has 0 radical (unpaired) electrons. The molecule has 0 aliphatic rings. The number of ether oxygens (including phenoxy) is 1. The largest absolute Gasteiger partial charge is 0.465 e. The smallest absolute Gasteiger partial charge is 0.341 e. The maximum absolute atomic E-state index is 11.4. The number of esters is 1. The van der Waals surface area contributed by atoms with Gasteiger partial charge in [0.15, 0.2) is 5.78 Å². The van der Waals surface area contributed by atoms with Crippen molar-refractivity contribution in [1.29, 1.82) is 0 Å². The van der Waals surface area contributed by atoms with Crippen LogP contribution in [-0.2, 0) is 14.3 Å². The van der Waals surface area contributed by atoms with E-state index in [1.807, 2.05) is 0 Å². The lowest BCUT2D eigenvalue weighted by atomic mass is 10.1. The predicted molar refractivity (Wildman–Crippen MR) is 63.8 cm³/mol.